The number of nitrogens with one attached hydrogen (secondary N) is 1. The third-order valence-corrected chi connectivity index (χ3v) is 3.04. The highest BCUT2D eigenvalue weighted by Gasteiger charge is 2.10. The zero-order valence-corrected chi connectivity index (χ0v) is 10.6. The van der Waals surface area contributed by atoms with Crippen LogP contribution >= 0.6 is 0 Å². The summed E-state index contributed by atoms with van der Waals surface area (Å²) < 4.78 is 5.94. The number of aliphatic imine (C=N–C) groups is 1. The molecular formula is C14H20N2O. The molecule has 17 heavy (non-hydrogen) atoms. The third kappa shape index (κ3) is 2.78. The van der Waals surface area contributed by atoms with Crippen LogP contribution in [-0.4, -0.2) is 25.5 Å². The molecule has 0 spiro atoms. The zero-order chi connectivity index (χ0) is 12.1. The quantitative estimate of drug-likeness (QED) is 0.844. The summed E-state index contributed by atoms with van der Waals surface area (Å²) in [4.78, 5) is 4.34. The smallest absolute Gasteiger partial charge is 0.145 e. The standard InChI is InChI=1S/C14H20N2O/c1-3-11-6-5-7-12(4-2)14(11)17-10-13-15-8-9-16-13/h5-7H,3-4,8-10H2,1-2H3,(H,15,16). The lowest BCUT2D eigenvalue weighted by Gasteiger charge is -2.14. The van der Waals surface area contributed by atoms with Gasteiger partial charge in [-0.05, 0) is 24.0 Å². The molecule has 0 aromatic heterocycles. The molecule has 0 fully saturated rings. The Labute approximate surface area is 103 Å². The highest BCUT2D eigenvalue weighted by molar-refractivity contribution is 5.85. The molecule has 0 aliphatic carbocycles. The molecule has 1 aromatic carbocycles. The number of hydrogen-bond acceptors (Lipinski definition) is 3. The Hall–Kier alpha value is -1.51. The van der Waals surface area contributed by atoms with E-state index >= 15 is 0 Å². The highest BCUT2D eigenvalue weighted by atomic mass is 16.5. The van der Waals surface area contributed by atoms with Crippen LogP contribution in [0.1, 0.15) is 25.0 Å². The van der Waals surface area contributed by atoms with Crippen LogP contribution in [0.4, 0.5) is 0 Å². The molecule has 1 aliphatic heterocycles. The zero-order valence-electron chi connectivity index (χ0n) is 10.6. The van der Waals surface area contributed by atoms with Gasteiger partial charge in [0.1, 0.15) is 18.2 Å². The first-order chi connectivity index (χ1) is 8.35. The summed E-state index contributed by atoms with van der Waals surface area (Å²) in [5.41, 5.74) is 2.56. The second-order valence-corrected chi connectivity index (χ2v) is 4.16. The SMILES string of the molecule is CCc1cccc(CC)c1OCC1=NCCN1. The molecule has 0 atom stereocenters. The van der Waals surface area contributed by atoms with Crippen LogP contribution < -0.4 is 10.1 Å². The van der Waals surface area contributed by atoms with Crippen molar-refractivity contribution in [2.24, 2.45) is 4.99 Å². The minimum Gasteiger partial charge on any atom is -0.485 e. The van der Waals surface area contributed by atoms with E-state index in [0.717, 1.165) is 37.5 Å². The lowest BCUT2D eigenvalue weighted by molar-refractivity contribution is 0.365. The predicted octanol–water partition coefficient (Wildman–Crippen LogP) is 2.19. The summed E-state index contributed by atoms with van der Waals surface area (Å²) in [6.07, 6.45) is 2.01. The number of hydrogen-bond donors (Lipinski definition) is 1. The van der Waals surface area contributed by atoms with Gasteiger partial charge < -0.3 is 10.1 Å². The van der Waals surface area contributed by atoms with E-state index < -0.39 is 0 Å². The number of benzene rings is 1. The first-order valence-corrected chi connectivity index (χ1v) is 6.36. The number of nitrogens with zero attached hydrogens (tertiary/aromatic N) is 1. The maximum absolute atomic E-state index is 5.94. The van der Waals surface area contributed by atoms with E-state index in [2.05, 4.69) is 42.4 Å². The molecule has 0 amide bonds. The van der Waals surface area contributed by atoms with Gasteiger partial charge in [-0.15, -0.1) is 0 Å². The molecule has 1 aliphatic rings. The summed E-state index contributed by atoms with van der Waals surface area (Å²) in [6, 6.07) is 6.38. The highest BCUT2D eigenvalue weighted by Crippen LogP contribution is 2.25. The number of amidine groups is 1. The normalized spacial score (nSPS) is 14.4. The summed E-state index contributed by atoms with van der Waals surface area (Å²) in [5.74, 6) is 2.02. The fourth-order valence-corrected chi connectivity index (χ4v) is 2.06. The maximum atomic E-state index is 5.94. The van der Waals surface area contributed by atoms with Gasteiger partial charge in [0.2, 0.25) is 0 Å². The molecule has 92 valence electrons. The van der Waals surface area contributed by atoms with Crippen molar-refractivity contribution in [3.05, 3.63) is 29.3 Å². The molecule has 0 saturated carbocycles. The van der Waals surface area contributed by atoms with Crippen LogP contribution in [-0.2, 0) is 12.8 Å². The Balaban J connectivity index is 2.12. The average molecular weight is 232 g/mol. The second-order valence-electron chi connectivity index (χ2n) is 4.16. The van der Waals surface area contributed by atoms with Gasteiger partial charge >= 0.3 is 0 Å². The monoisotopic (exact) mass is 232 g/mol. The Morgan fingerprint density at radius 2 is 1.94 bits per heavy atom. The Morgan fingerprint density at radius 1 is 1.24 bits per heavy atom. The summed E-state index contributed by atoms with van der Waals surface area (Å²) >= 11 is 0. The number of ether oxygens (including phenoxy) is 1. The lowest BCUT2D eigenvalue weighted by Crippen LogP contribution is -2.25. The van der Waals surface area contributed by atoms with Crippen molar-refractivity contribution in [2.75, 3.05) is 19.7 Å². The van der Waals surface area contributed by atoms with Crippen molar-refractivity contribution in [3.8, 4) is 5.75 Å². The largest absolute Gasteiger partial charge is 0.485 e. The van der Waals surface area contributed by atoms with Crippen LogP contribution in [0.3, 0.4) is 0 Å². The fourth-order valence-electron chi connectivity index (χ4n) is 2.06. The van der Waals surface area contributed by atoms with Gasteiger partial charge in [-0.25, -0.2) is 0 Å². The van der Waals surface area contributed by atoms with Gasteiger partial charge in [0, 0.05) is 6.54 Å². The summed E-state index contributed by atoms with van der Waals surface area (Å²) in [7, 11) is 0. The van der Waals surface area contributed by atoms with Crippen LogP contribution in [0, 0.1) is 0 Å². The van der Waals surface area contributed by atoms with E-state index in [1.807, 2.05) is 0 Å². The van der Waals surface area contributed by atoms with E-state index in [4.69, 9.17) is 4.74 Å². The molecule has 2 rings (SSSR count). The summed E-state index contributed by atoms with van der Waals surface area (Å²) in [6.45, 7) is 6.69. The molecule has 1 N–H and O–H groups in total. The number of rotatable bonds is 5. The number of para-hydroxylation sites is 1. The topological polar surface area (TPSA) is 33.6 Å². The first kappa shape index (κ1) is 12.0. The van der Waals surface area contributed by atoms with Crippen LogP contribution in [0.5, 0.6) is 5.75 Å². The van der Waals surface area contributed by atoms with E-state index in [-0.39, 0.29) is 0 Å². The van der Waals surface area contributed by atoms with Gasteiger partial charge in [-0.3, -0.25) is 4.99 Å². The first-order valence-electron chi connectivity index (χ1n) is 6.36. The van der Waals surface area contributed by atoms with Gasteiger partial charge in [0.05, 0.1) is 6.54 Å². The van der Waals surface area contributed by atoms with E-state index in [9.17, 15) is 0 Å². The second kappa shape index (κ2) is 5.71. The van der Waals surface area contributed by atoms with Crippen molar-refractivity contribution in [1.29, 1.82) is 0 Å². The average Bonchev–Trinajstić information content (AvgIpc) is 2.88. The Morgan fingerprint density at radius 3 is 2.47 bits per heavy atom. The molecule has 0 saturated heterocycles. The van der Waals surface area contributed by atoms with Crippen molar-refractivity contribution in [3.63, 3.8) is 0 Å². The van der Waals surface area contributed by atoms with E-state index in [1.54, 1.807) is 0 Å². The minimum atomic E-state index is 0.560. The fraction of sp³-hybridized carbons (Fsp3) is 0.500. The molecule has 3 heteroatoms. The Kier molecular flexibility index (Phi) is 4.02. The molecule has 1 aromatic rings. The molecule has 0 radical (unpaired) electrons. The predicted molar refractivity (Wildman–Crippen MR) is 71.0 cm³/mol. The van der Waals surface area contributed by atoms with E-state index in [1.165, 1.54) is 11.1 Å². The van der Waals surface area contributed by atoms with Gasteiger partial charge in [-0.1, -0.05) is 32.0 Å². The molecule has 3 nitrogen and oxygen atoms in total. The third-order valence-electron chi connectivity index (χ3n) is 3.04. The lowest BCUT2D eigenvalue weighted by atomic mass is 10.1. The van der Waals surface area contributed by atoms with Crippen LogP contribution in [0.15, 0.2) is 23.2 Å². The van der Waals surface area contributed by atoms with Crippen molar-refractivity contribution >= 4 is 5.84 Å². The van der Waals surface area contributed by atoms with Crippen LogP contribution in [0.25, 0.3) is 0 Å². The van der Waals surface area contributed by atoms with Gasteiger partial charge in [0.15, 0.2) is 0 Å². The van der Waals surface area contributed by atoms with Crippen LogP contribution in [0.2, 0.25) is 0 Å². The molecule has 1 heterocycles. The van der Waals surface area contributed by atoms with E-state index in [0.29, 0.717) is 6.61 Å². The summed E-state index contributed by atoms with van der Waals surface area (Å²) in [5, 5.41) is 3.23. The Bertz CT molecular complexity index is 390. The molecule has 0 bridgehead atoms. The molecular weight excluding hydrogens is 212 g/mol. The van der Waals surface area contributed by atoms with Crippen molar-refractivity contribution < 1.29 is 4.74 Å². The number of aryl methyl sites for hydroxylation is 2. The van der Waals surface area contributed by atoms with Gasteiger partial charge in [0.25, 0.3) is 0 Å². The van der Waals surface area contributed by atoms with Gasteiger partial charge in [-0.2, -0.15) is 0 Å². The maximum Gasteiger partial charge on any atom is 0.145 e. The molecule has 0 unspecified atom stereocenters. The van der Waals surface area contributed by atoms with Crippen molar-refractivity contribution in [1.82, 2.24) is 5.32 Å². The van der Waals surface area contributed by atoms with Crippen molar-refractivity contribution in [2.45, 2.75) is 26.7 Å². The minimum absolute atomic E-state index is 0.560.